The largest absolute Gasteiger partial charge is 0.497 e. The van der Waals surface area contributed by atoms with Crippen LogP contribution in [0.4, 0.5) is 0 Å². The van der Waals surface area contributed by atoms with Crippen molar-refractivity contribution in [3.63, 3.8) is 0 Å². The monoisotopic (exact) mass is 206 g/mol. The van der Waals surface area contributed by atoms with E-state index in [9.17, 15) is 0 Å². The van der Waals surface area contributed by atoms with Crippen LogP contribution in [0.1, 0.15) is 0 Å². The van der Waals surface area contributed by atoms with Crippen molar-refractivity contribution in [2.24, 2.45) is 0 Å². The lowest BCUT2D eigenvalue weighted by molar-refractivity contribution is 0.414. The zero-order valence-corrected chi connectivity index (χ0v) is 8.58. The smallest absolute Gasteiger partial charge is 0.118 e. The molecule has 0 atom stereocenters. The summed E-state index contributed by atoms with van der Waals surface area (Å²) in [5.74, 6) is 0.876. The molecule has 0 aliphatic rings. The van der Waals surface area contributed by atoms with Crippen molar-refractivity contribution in [1.29, 1.82) is 0 Å². The quantitative estimate of drug-likeness (QED) is 0.768. The fourth-order valence-electron chi connectivity index (χ4n) is 1.09. The van der Waals surface area contributed by atoms with E-state index in [0.717, 1.165) is 10.6 Å². The van der Waals surface area contributed by atoms with E-state index in [1.807, 2.05) is 30.3 Å². The van der Waals surface area contributed by atoms with E-state index >= 15 is 0 Å². The number of furan rings is 1. The highest BCUT2D eigenvalue weighted by Crippen LogP contribution is 2.28. The minimum absolute atomic E-state index is 0.876. The van der Waals surface area contributed by atoms with E-state index in [-0.39, 0.29) is 0 Å². The van der Waals surface area contributed by atoms with Gasteiger partial charge in [0.25, 0.3) is 0 Å². The zero-order valence-electron chi connectivity index (χ0n) is 7.77. The minimum atomic E-state index is 0.876. The third kappa shape index (κ3) is 2.12. The van der Waals surface area contributed by atoms with Crippen molar-refractivity contribution in [2.75, 3.05) is 7.11 Å². The molecule has 1 heterocycles. The lowest BCUT2D eigenvalue weighted by atomic mass is 10.3. The van der Waals surface area contributed by atoms with Gasteiger partial charge in [-0.3, -0.25) is 0 Å². The number of benzene rings is 1. The molecule has 0 bridgehead atoms. The second kappa shape index (κ2) is 4.24. The third-order valence-electron chi connectivity index (χ3n) is 1.79. The summed E-state index contributed by atoms with van der Waals surface area (Å²) in [7, 11) is 1.66. The molecule has 2 rings (SSSR count). The Labute approximate surface area is 86.9 Å². The molecule has 0 spiro atoms. The van der Waals surface area contributed by atoms with Crippen molar-refractivity contribution in [3.8, 4) is 5.75 Å². The second-order valence-corrected chi connectivity index (χ2v) is 3.88. The molecule has 0 saturated carbocycles. The van der Waals surface area contributed by atoms with Gasteiger partial charge in [-0.2, -0.15) is 0 Å². The maximum Gasteiger partial charge on any atom is 0.118 e. The van der Waals surface area contributed by atoms with Crippen LogP contribution in [0.25, 0.3) is 0 Å². The van der Waals surface area contributed by atoms with Gasteiger partial charge in [0, 0.05) is 4.90 Å². The normalized spacial score (nSPS) is 10.1. The van der Waals surface area contributed by atoms with Crippen molar-refractivity contribution in [2.45, 2.75) is 9.79 Å². The van der Waals surface area contributed by atoms with Gasteiger partial charge in [0.1, 0.15) is 12.0 Å². The van der Waals surface area contributed by atoms with Gasteiger partial charge < -0.3 is 9.15 Å². The first-order valence-electron chi connectivity index (χ1n) is 4.22. The summed E-state index contributed by atoms with van der Waals surface area (Å²) in [4.78, 5) is 2.28. The first-order valence-corrected chi connectivity index (χ1v) is 5.04. The molecule has 2 aromatic rings. The molecule has 0 radical (unpaired) electrons. The third-order valence-corrected chi connectivity index (χ3v) is 2.77. The van der Waals surface area contributed by atoms with Gasteiger partial charge in [0.15, 0.2) is 0 Å². The topological polar surface area (TPSA) is 22.4 Å². The number of ether oxygens (including phenoxy) is 1. The van der Waals surface area contributed by atoms with Gasteiger partial charge in [0.05, 0.1) is 18.3 Å². The molecule has 0 saturated heterocycles. The molecule has 1 aromatic heterocycles. The first-order chi connectivity index (χ1) is 6.88. The summed E-state index contributed by atoms with van der Waals surface area (Å²) < 4.78 is 10.1. The average Bonchev–Trinajstić information content (AvgIpc) is 2.72. The maximum atomic E-state index is 5.08. The summed E-state index contributed by atoms with van der Waals surface area (Å²) in [6, 6.07) is 9.88. The molecule has 1 aromatic carbocycles. The Balaban J connectivity index is 2.10. The Kier molecular flexibility index (Phi) is 2.79. The average molecular weight is 206 g/mol. The van der Waals surface area contributed by atoms with Crippen LogP contribution >= 0.6 is 11.8 Å². The van der Waals surface area contributed by atoms with Crippen molar-refractivity contribution in [3.05, 3.63) is 42.9 Å². The van der Waals surface area contributed by atoms with Crippen molar-refractivity contribution >= 4 is 11.8 Å². The fraction of sp³-hybridized carbons (Fsp3) is 0.0909. The van der Waals surface area contributed by atoms with Crippen LogP contribution in [0.15, 0.2) is 57.1 Å². The van der Waals surface area contributed by atoms with Gasteiger partial charge in [-0.15, -0.1) is 0 Å². The molecule has 0 amide bonds. The lowest BCUT2D eigenvalue weighted by Crippen LogP contribution is -1.80. The molecule has 3 heteroatoms. The summed E-state index contributed by atoms with van der Waals surface area (Å²) in [6.07, 6.45) is 3.40. The number of rotatable bonds is 3. The van der Waals surface area contributed by atoms with Gasteiger partial charge in [-0.05, 0) is 30.3 Å². The Hall–Kier alpha value is -1.35. The molecule has 14 heavy (non-hydrogen) atoms. The van der Waals surface area contributed by atoms with Crippen LogP contribution in [-0.4, -0.2) is 7.11 Å². The van der Waals surface area contributed by atoms with Crippen LogP contribution < -0.4 is 4.74 Å². The summed E-state index contributed by atoms with van der Waals surface area (Å²) in [5.41, 5.74) is 0. The van der Waals surface area contributed by atoms with E-state index < -0.39 is 0 Å². The summed E-state index contributed by atoms with van der Waals surface area (Å²) in [5, 5.41) is 0. The van der Waals surface area contributed by atoms with Crippen molar-refractivity contribution < 1.29 is 9.15 Å². The molecular formula is C11H10O2S. The van der Waals surface area contributed by atoms with E-state index in [0.29, 0.717) is 0 Å². The molecular weight excluding hydrogens is 196 g/mol. The molecule has 0 unspecified atom stereocenters. The van der Waals surface area contributed by atoms with Gasteiger partial charge in [-0.1, -0.05) is 11.8 Å². The van der Waals surface area contributed by atoms with E-state index in [1.54, 1.807) is 31.4 Å². The Bertz CT molecular complexity index is 378. The van der Waals surface area contributed by atoms with Crippen LogP contribution in [0.5, 0.6) is 5.75 Å². The lowest BCUT2D eigenvalue weighted by Gasteiger charge is -2.00. The van der Waals surface area contributed by atoms with E-state index in [4.69, 9.17) is 9.15 Å². The maximum absolute atomic E-state index is 5.08. The van der Waals surface area contributed by atoms with Gasteiger partial charge in [-0.25, -0.2) is 0 Å². The predicted octanol–water partition coefficient (Wildman–Crippen LogP) is 3.44. The molecule has 72 valence electrons. The molecule has 0 aliphatic heterocycles. The SMILES string of the molecule is COc1ccc(Sc2ccoc2)cc1. The number of methoxy groups -OCH3 is 1. The summed E-state index contributed by atoms with van der Waals surface area (Å²) in [6.45, 7) is 0. The van der Waals surface area contributed by atoms with Gasteiger partial charge >= 0.3 is 0 Å². The zero-order chi connectivity index (χ0) is 9.80. The van der Waals surface area contributed by atoms with E-state index in [2.05, 4.69) is 0 Å². The highest BCUT2D eigenvalue weighted by molar-refractivity contribution is 7.99. The van der Waals surface area contributed by atoms with Crippen molar-refractivity contribution in [1.82, 2.24) is 0 Å². The Morgan fingerprint density at radius 3 is 2.43 bits per heavy atom. The minimum Gasteiger partial charge on any atom is -0.497 e. The number of hydrogen-bond acceptors (Lipinski definition) is 3. The van der Waals surface area contributed by atoms with Crippen LogP contribution in [0.3, 0.4) is 0 Å². The Morgan fingerprint density at radius 1 is 1.07 bits per heavy atom. The van der Waals surface area contributed by atoms with Crippen LogP contribution in [-0.2, 0) is 0 Å². The molecule has 2 nitrogen and oxygen atoms in total. The fourth-order valence-corrected chi connectivity index (χ4v) is 1.86. The number of hydrogen-bond donors (Lipinski definition) is 0. The standard InChI is InChI=1S/C11H10O2S/c1-12-9-2-4-10(5-3-9)14-11-6-7-13-8-11/h2-8H,1H3. The second-order valence-electron chi connectivity index (χ2n) is 2.74. The predicted molar refractivity (Wildman–Crippen MR) is 55.8 cm³/mol. The Morgan fingerprint density at radius 2 is 1.86 bits per heavy atom. The highest BCUT2D eigenvalue weighted by atomic mass is 32.2. The molecule has 0 fully saturated rings. The molecule has 0 N–H and O–H groups in total. The van der Waals surface area contributed by atoms with Crippen LogP contribution in [0, 0.1) is 0 Å². The van der Waals surface area contributed by atoms with Crippen LogP contribution in [0.2, 0.25) is 0 Å². The summed E-state index contributed by atoms with van der Waals surface area (Å²) >= 11 is 1.66. The molecule has 0 aliphatic carbocycles. The first kappa shape index (κ1) is 9.21. The highest BCUT2D eigenvalue weighted by Gasteiger charge is 1.98. The van der Waals surface area contributed by atoms with Gasteiger partial charge in [0.2, 0.25) is 0 Å². The van der Waals surface area contributed by atoms with E-state index in [1.165, 1.54) is 4.90 Å².